The molecule has 0 aromatic heterocycles. The second kappa shape index (κ2) is 8.90. The van der Waals surface area contributed by atoms with Crippen LogP contribution < -0.4 is 5.32 Å². The van der Waals surface area contributed by atoms with Crippen molar-refractivity contribution >= 4 is 0 Å². The maximum Gasteiger partial charge on any atom is 0.0722 e. The molecule has 0 radical (unpaired) electrons. The molecular weight excluding hydrogens is 214 g/mol. The van der Waals surface area contributed by atoms with Crippen LogP contribution in [0.5, 0.6) is 0 Å². The van der Waals surface area contributed by atoms with Crippen LogP contribution in [0.4, 0.5) is 0 Å². The lowest BCUT2D eigenvalue weighted by molar-refractivity contribution is -0.0261. The van der Waals surface area contributed by atoms with E-state index in [1.54, 1.807) is 0 Å². The first kappa shape index (κ1) is 14.9. The summed E-state index contributed by atoms with van der Waals surface area (Å²) in [6.07, 6.45) is 3.86. The molecule has 17 heavy (non-hydrogen) atoms. The SMILES string of the molecule is CCCNCC(OCC1CCOCC1)C(C)C. The van der Waals surface area contributed by atoms with E-state index in [2.05, 4.69) is 26.1 Å². The van der Waals surface area contributed by atoms with Crippen molar-refractivity contribution in [3.63, 3.8) is 0 Å². The Labute approximate surface area is 106 Å². The molecule has 1 rings (SSSR count). The zero-order valence-electron chi connectivity index (χ0n) is 11.7. The third-order valence-electron chi connectivity index (χ3n) is 3.40. The molecule has 1 saturated heterocycles. The quantitative estimate of drug-likeness (QED) is 0.664. The summed E-state index contributed by atoms with van der Waals surface area (Å²) in [7, 11) is 0. The summed E-state index contributed by atoms with van der Waals surface area (Å²) in [5, 5.41) is 3.45. The molecule has 1 aliphatic heterocycles. The fourth-order valence-electron chi connectivity index (χ4n) is 2.08. The highest BCUT2D eigenvalue weighted by Crippen LogP contribution is 2.17. The highest BCUT2D eigenvalue weighted by atomic mass is 16.5. The van der Waals surface area contributed by atoms with Crippen LogP contribution >= 0.6 is 0 Å². The molecule has 0 spiro atoms. The van der Waals surface area contributed by atoms with E-state index in [1.165, 1.54) is 6.42 Å². The predicted octanol–water partition coefficient (Wildman–Crippen LogP) is 2.45. The van der Waals surface area contributed by atoms with Gasteiger partial charge in [-0.1, -0.05) is 20.8 Å². The van der Waals surface area contributed by atoms with Crippen LogP contribution in [0, 0.1) is 11.8 Å². The second-order valence-electron chi connectivity index (χ2n) is 5.38. The third-order valence-corrected chi connectivity index (χ3v) is 3.40. The van der Waals surface area contributed by atoms with Crippen LogP contribution in [-0.2, 0) is 9.47 Å². The lowest BCUT2D eigenvalue weighted by Crippen LogP contribution is -2.35. The normalized spacial score (nSPS) is 19.8. The molecule has 0 amide bonds. The van der Waals surface area contributed by atoms with Crippen molar-refractivity contribution in [1.82, 2.24) is 5.32 Å². The zero-order valence-corrected chi connectivity index (χ0v) is 11.7. The van der Waals surface area contributed by atoms with E-state index in [0.717, 1.165) is 45.8 Å². The summed E-state index contributed by atoms with van der Waals surface area (Å²) in [5.74, 6) is 1.29. The van der Waals surface area contributed by atoms with E-state index in [4.69, 9.17) is 9.47 Å². The molecule has 1 fully saturated rings. The first-order valence-corrected chi connectivity index (χ1v) is 7.14. The van der Waals surface area contributed by atoms with Crippen LogP contribution in [-0.4, -0.2) is 39.0 Å². The lowest BCUT2D eigenvalue weighted by atomic mass is 10.0. The summed E-state index contributed by atoms with van der Waals surface area (Å²) in [5.41, 5.74) is 0. The largest absolute Gasteiger partial charge is 0.381 e. The summed E-state index contributed by atoms with van der Waals surface area (Å²) in [6.45, 7) is 11.5. The van der Waals surface area contributed by atoms with Gasteiger partial charge in [-0.2, -0.15) is 0 Å². The van der Waals surface area contributed by atoms with Crippen molar-refractivity contribution in [2.45, 2.75) is 46.1 Å². The highest BCUT2D eigenvalue weighted by molar-refractivity contribution is 4.68. The Balaban J connectivity index is 2.18. The summed E-state index contributed by atoms with van der Waals surface area (Å²) in [4.78, 5) is 0. The van der Waals surface area contributed by atoms with Crippen LogP contribution in [0.15, 0.2) is 0 Å². The van der Waals surface area contributed by atoms with Crippen molar-refractivity contribution in [2.24, 2.45) is 11.8 Å². The van der Waals surface area contributed by atoms with E-state index < -0.39 is 0 Å². The zero-order chi connectivity index (χ0) is 12.5. The van der Waals surface area contributed by atoms with Gasteiger partial charge in [0.1, 0.15) is 0 Å². The Morgan fingerprint density at radius 1 is 1.29 bits per heavy atom. The maximum atomic E-state index is 6.07. The van der Waals surface area contributed by atoms with E-state index in [0.29, 0.717) is 17.9 Å². The monoisotopic (exact) mass is 243 g/mol. The van der Waals surface area contributed by atoms with Gasteiger partial charge in [-0.3, -0.25) is 0 Å². The van der Waals surface area contributed by atoms with Gasteiger partial charge in [0.15, 0.2) is 0 Å². The van der Waals surface area contributed by atoms with Crippen molar-refractivity contribution in [3.8, 4) is 0 Å². The molecule has 3 heteroatoms. The lowest BCUT2D eigenvalue weighted by Gasteiger charge is -2.27. The molecule has 102 valence electrons. The van der Waals surface area contributed by atoms with E-state index in [1.807, 2.05) is 0 Å². The van der Waals surface area contributed by atoms with Crippen LogP contribution in [0.1, 0.15) is 40.0 Å². The Bertz CT molecular complexity index is 179. The molecule has 0 aliphatic carbocycles. The molecular formula is C14H29NO2. The number of hydrogen-bond acceptors (Lipinski definition) is 3. The van der Waals surface area contributed by atoms with Gasteiger partial charge in [0.2, 0.25) is 0 Å². The molecule has 1 heterocycles. The second-order valence-corrected chi connectivity index (χ2v) is 5.38. The molecule has 0 aromatic rings. The Hall–Kier alpha value is -0.120. The standard InChI is InChI=1S/C14H29NO2/c1-4-7-15-10-14(12(2)3)17-11-13-5-8-16-9-6-13/h12-15H,4-11H2,1-3H3. The average Bonchev–Trinajstić information content (AvgIpc) is 2.34. The average molecular weight is 243 g/mol. The first-order chi connectivity index (χ1) is 8.24. The van der Waals surface area contributed by atoms with E-state index >= 15 is 0 Å². The smallest absolute Gasteiger partial charge is 0.0722 e. The number of hydrogen-bond donors (Lipinski definition) is 1. The molecule has 1 aliphatic rings. The third kappa shape index (κ3) is 6.39. The van der Waals surface area contributed by atoms with Gasteiger partial charge >= 0.3 is 0 Å². The fourth-order valence-corrected chi connectivity index (χ4v) is 2.08. The number of ether oxygens (including phenoxy) is 2. The minimum Gasteiger partial charge on any atom is -0.381 e. The van der Waals surface area contributed by atoms with Gasteiger partial charge < -0.3 is 14.8 Å². The maximum absolute atomic E-state index is 6.07. The van der Waals surface area contributed by atoms with Gasteiger partial charge in [0.25, 0.3) is 0 Å². The summed E-state index contributed by atoms with van der Waals surface area (Å²) >= 11 is 0. The molecule has 1 N–H and O–H groups in total. The topological polar surface area (TPSA) is 30.5 Å². The minimum atomic E-state index is 0.351. The molecule has 3 nitrogen and oxygen atoms in total. The Kier molecular flexibility index (Phi) is 7.82. The first-order valence-electron chi connectivity index (χ1n) is 7.14. The molecule has 1 unspecified atom stereocenters. The fraction of sp³-hybridized carbons (Fsp3) is 1.00. The van der Waals surface area contributed by atoms with Gasteiger partial charge in [-0.25, -0.2) is 0 Å². The van der Waals surface area contributed by atoms with E-state index in [-0.39, 0.29) is 0 Å². The van der Waals surface area contributed by atoms with Crippen molar-refractivity contribution in [2.75, 3.05) is 32.9 Å². The number of nitrogens with one attached hydrogen (secondary N) is 1. The predicted molar refractivity (Wildman–Crippen MR) is 71.3 cm³/mol. The summed E-state index contributed by atoms with van der Waals surface area (Å²) < 4.78 is 11.4. The van der Waals surface area contributed by atoms with Crippen LogP contribution in [0.2, 0.25) is 0 Å². The van der Waals surface area contributed by atoms with Gasteiger partial charge in [-0.15, -0.1) is 0 Å². The van der Waals surface area contributed by atoms with Gasteiger partial charge in [-0.05, 0) is 37.6 Å². The molecule has 0 saturated carbocycles. The van der Waals surface area contributed by atoms with Gasteiger partial charge in [0, 0.05) is 19.8 Å². The molecule has 1 atom stereocenters. The van der Waals surface area contributed by atoms with Crippen LogP contribution in [0.25, 0.3) is 0 Å². The van der Waals surface area contributed by atoms with Gasteiger partial charge in [0.05, 0.1) is 12.7 Å². The Morgan fingerprint density at radius 2 is 2.00 bits per heavy atom. The Morgan fingerprint density at radius 3 is 2.59 bits per heavy atom. The molecule has 0 aromatic carbocycles. The van der Waals surface area contributed by atoms with Crippen molar-refractivity contribution in [1.29, 1.82) is 0 Å². The molecule has 0 bridgehead atoms. The minimum absolute atomic E-state index is 0.351. The van der Waals surface area contributed by atoms with Crippen molar-refractivity contribution in [3.05, 3.63) is 0 Å². The van der Waals surface area contributed by atoms with Crippen LogP contribution in [0.3, 0.4) is 0 Å². The number of rotatable bonds is 8. The highest BCUT2D eigenvalue weighted by Gasteiger charge is 2.18. The summed E-state index contributed by atoms with van der Waals surface area (Å²) in [6, 6.07) is 0. The van der Waals surface area contributed by atoms with Crippen molar-refractivity contribution < 1.29 is 9.47 Å². The van der Waals surface area contributed by atoms with E-state index in [9.17, 15) is 0 Å².